The van der Waals surface area contributed by atoms with E-state index >= 15 is 0 Å². The number of para-hydroxylation sites is 1. The van der Waals surface area contributed by atoms with Gasteiger partial charge in [-0.1, -0.05) is 30.3 Å². The second kappa shape index (κ2) is 4.51. The number of benzene rings is 2. The molecule has 0 radical (unpaired) electrons. The summed E-state index contributed by atoms with van der Waals surface area (Å²) in [7, 11) is -3.59. The zero-order valence-corrected chi connectivity index (χ0v) is 11.2. The van der Waals surface area contributed by atoms with E-state index in [-0.39, 0.29) is 9.79 Å². The van der Waals surface area contributed by atoms with E-state index in [1.165, 1.54) is 6.20 Å². The van der Waals surface area contributed by atoms with Crippen molar-refractivity contribution in [1.29, 1.82) is 5.26 Å². The van der Waals surface area contributed by atoms with Crippen LogP contribution in [0.3, 0.4) is 0 Å². The maximum absolute atomic E-state index is 12.6. The smallest absolute Gasteiger partial charge is 0.208 e. The Hall–Kier alpha value is -2.58. The van der Waals surface area contributed by atoms with Crippen LogP contribution in [0.4, 0.5) is 0 Å². The van der Waals surface area contributed by atoms with Crippen LogP contribution in [0.1, 0.15) is 5.56 Å². The van der Waals surface area contributed by atoms with E-state index in [1.54, 1.807) is 48.5 Å². The lowest BCUT2D eigenvalue weighted by molar-refractivity contribution is 0.597. The fourth-order valence-electron chi connectivity index (χ4n) is 2.17. The number of rotatable bonds is 2. The molecule has 1 aromatic heterocycles. The number of aromatic nitrogens is 1. The second-order valence-corrected chi connectivity index (χ2v) is 6.23. The highest BCUT2D eigenvalue weighted by Crippen LogP contribution is 2.29. The van der Waals surface area contributed by atoms with Crippen molar-refractivity contribution in [3.8, 4) is 6.07 Å². The lowest BCUT2D eigenvalue weighted by atomic mass is 10.2. The van der Waals surface area contributed by atoms with Crippen molar-refractivity contribution >= 4 is 20.7 Å². The van der Waals surface area contributed by atoms with E-state index in [9.17, 15) is 8.42 Å². The maximum atomic E-state index is 12.6. The van der Waals surface area contributed by atoms with Gasteiger partial charge in [0.15, 0.2) is 0 Å². The molecule has 0 unspecified atom stereocenters. The van der Waals surface area contributed by atoms with E-state index < -0.39 is 9.84 Å². The molecular weight excluding hydrogens is 272 g/mol. The average Bonchev–Trinajstić information content (AvgIpc) is 2.92. The Labute approximate surface area is 116 Å². The molecule has 0 fully saturated rings. The summed E-state index contributed by atoms with van der Waals surface area (Å²) in [4.78, 5) is 3.31. The summed E-state index contributed by atoms with van der Waals surface area (Å²) in [5.41, 5.74) is 0.974. The number of hydrogen-bond acceptors (Lipinski definition) is 3. The number of nitrogens with one attached hydrogen (secondary N) is 1. The van der Waals surface area contributed by atoms with Gasteiger partial charge in [0, 0.05) is 11.6 Å². The highest BCUT2D eigenvalue weighted by molar-refractivity contribution is 7.91. The van der Waals surface area contributed by atoms with Gasteiger partial charge in [-0.3, -0.25) is 0 Å². The summed E-state index contributed by atoms with van der Waals surface area (Å²) in [5, 5.41) is 9.58. The molecule has 0 aliphatic carbocycles. The van der Waals surface area contributed by atoms with E-state index in [0.717, 1.165) is 0 Å². The molecule has 1 heterocycles. The first-order valence-corrected chi connectivity index (χ1v) is 7.43. The Bertz CT molecular complexity index is 919. The topological polar surface area (TPSA) is 73.7 Å². The molecule has 3 aromatic rings. The molecular formula is C15H10N2O2S. The molecule has 4 nitrogen and oxygen atoms in total. The highest BCUT2D eigenvalue weighted by atomic mass is 32.2. The van der Waals surface area contributed by atoms with Gasteiger partial charge in [-0.2, -0.15) is 5.26 Å². The number of nitriles is 1. The van der Waals surface area contributed by atoms with Gasteiger partial charge < -0.3 is 4.98 Å². The third-order valence-corrected chi connectivity index (χ3v) is 4.95. The van der Waals surface area contributed by atoms with Crippen LogP contribution in [0.5, 0.6) is 0 Å². The van der Waals surface area contributed by atoms with Crippen LogP contribution in [0.25, 0.3) is 10.9 Å². The Balaban J connectivity index is 2.29. The monoisotopic (exact) mass is 282 g/mol. The Morgan fingerprint density at radius 3 is 2.45 bits per heavy atom. The molecule has 98 valence electrons. The zero-order chi connectivity index (χ0) is 14.2. The molecule has 0 saturated carbocycles. The predicted octanol–water partition coefficient (Wildman–Crippen LogP) is 2.87. The maximum Gasteiger partial charge on any atom is 0.208 e. The van der Waals surface area contributed by atoms with Gasteiger partial charge in [0.25, 0.3) is 0 Å². The van der Waals surface area contributed by atoms with Crippen LogP contribution < -0.4 is 0 Å². The predicted molar refractivity (Wildman–Crippen MR) is 74.9 cm³/mol. The number of aromatic amines is 1. The van der Waals surface area contributed by atoms with Crippen molar-refractivity contribution in [3.63, 3.8) is 0 Å². The Kier molecular flexibility index (Phi) is 2.81. The van der Waals surface area contributed by atoms with Gasteiger partial charge in [-0.05, 0) is 18.2 Å². The number of nitrogens with zero attached hydrogens (tertiary/aromatic N) is 1. The minimum Gasteiger partial charge on any atom is -0.359 e. The molecule has 0 bridgehead atoms. The van der Waals surface area contributed by atoms with Crippen LogP contribution >= 0.6 is 0 Å². The van der Waals surface area contributed by atoms with Crippen LogP contribution in [0, 0.1) is 11.3 Å². The van der Waals surface area contributed by atoms with Crippen molar-refractivity contribution in [2.24, 2.45) is 0 Å². The number of fused-ring (bicyclic) bond motifs is 1. The molecule has 0 saturated heterocycles. The van der Waals surface area contributed by atoms with Crippen molar-refractivity contribution in [3.05, 3.63) is 60.3 Å². The molecule has 5 heteroatoms. The van der Waals surface area contributed by atoms with Crippen LogP contribution in [-0.4, -0.2) is 13.4 Å². The van der Waals surface area contributed by atoms with E-state index in [1.807, 2.05) is 6.07 Å². The van der Waals surface area contributed by atoms with E-state index in [0.29, 0.717) is 16.5 Å². The number of hydrogen-bond donors (Lipinski definition) is 1. The number of H-pyrrole nitrogens is 1. The third-order valence-electron chi connectivity index (χ3n) is 3.14. The van der Waals surface area contributed by atoms with Crippen molar-refractivity contribution in [1.82, 2.24) is 4.98 Å². The van der Waals surface area contributed by atoms with E-state index in [2.05, 4.69) is 4.98 Å². The lowest BCUT2D eigenvalue weighted by Gasteiger charge is -2.02. The molecule has 0 atom stereocenters. The first kappa shape index (κ1) is 12.5. The molecule has 2 aromatic carbocycles. The largest absolute Gasteiger partial charge is 0.359 e. The van der Waals surface area contributed by atoms with Crippen LogP contribution in [0.15, 0.2) is 64.5 Å². The van der Waals surface area contributed by atoms with Gasteiger partial charge in [0.1, 0.15) is 6.07 Å². The molecule has 1 N–H and O–H groups in total. The number of sulfone groups is 1. The SMILES string of the molecule is N#Cc1cccc2c(S(=O)(=O)c3ccccc3)c[nH]c12. The molecule has 0 amide bonds. The zero-order valence-electron chi connectivity index (χ0n) is 10.4. The summed E-state index contributed by atoms with van der Waals surface area (Å²) in [6.07, 6.45) is 1.44. The normalized spacial score (nSPS) is 11.3. The summed E-state index contributed by atoms with van der Waals surface area (Å²) in [5.74, 6) is 0. The fourth-order valence-corrected chi connectivity index (χ4v) is 3.61. The molecule has 20 heavy (non-hydrogen) atoms. The summed E-state index contributed by atoms with van der Waals surface area (Å²) < 4.78 is 25.2. The molecule has 3 rings (SSSR count). The van der Waals surface area contributed by atoms with Crippen LogP contribution in [0.2, 0.25) is 0 Å². The summed E-state index contributed by atoms with van der Waals surface area (Å²) in [6.45, 7) is 0. The van der Waals surface area contributed by atoms with Crippen molar-refractivity contribution < 1.29 is 8.42 Å². The first-order valence-electron chi connectivity index (χ1n) is 5.95. The van der Waals surface area contributed by atoms with Gasteiger partial charge in [0.05, 0.1) is 20.9 Å². The van der Waals surface area contributed by atoms with Gasteiger partial charge in [0.2, 0.25) is 9.84 Å². The molecule has 0 aliphatic heterocycles. The molecule has 0 aliphatic rings. The quantitative estimate of drug-likeness (QED) is 0.785. The van der Waals surface area contributed by atoms with Crippen molar-refractivity contribution in [2.75, 3.05) is 0 Å². The molecule has 0 spiro atoms. The minimum absolute atomic E-state index is 0.191. The van der Waals surface area contributed by atoms with Gasteiger partial charge in [-0.15, -0.1) is 0 Å². The average molecular weight is 282 g/mol. The fraction of sp³-hybridized carbons (Fsp3) is 0. The van der Waals surface area contributed by atoms with Gasteiger partial charge in [-0.25, -0.2) is 8.42 Å². The lowest BCUT2D eigenvalue weighted by Crippen LogP contribution is -2.00. The highest BCUT2D eigenvalue weighted by Gasteiger charge is 2.22. The second-order valence-electron chi connectivity index (χ2n) is 4.31. The van der Waals surface area contributed by atoms with Crippen LogP contribution in [-0.2, 0) is 9.84 Å². The van der Waals surface area contributed by atoms with E-state index in [4.69, 9.17) is 5.26 Å². The Morgan fingerprint density at radius 2 is 1.75 bits per heavy atom. The summed E-state index contributed by atoms with van der Waals surface area (Å²) in [6, 6.07) is 15.3. The van der Waals surface area contributed by atoms with Crippen molar-refractivity contribution in [2.45, 2.75) is 9.79 Å². The minimum atomic E-state index is -3.59. The summed E-state index contributed by atoms with van der Waals surface area (Å²) >= 11 is 0. The standard InChI is InChI=1S/C15H10N2O2S/c16-9-11-5-4-8-13-14(10-17-15(11)13)20(18,19)12-6-2-1-3-7-12/h1-8,10,17H. The third kappa shape index (κ3) is 1.78. The Morgan fingerprint density at radius 1 is 1.00 bits per heavy atom. The first-order chi connectivity index (χ1) is 9.64. The van der Waals surface area contributed by atoms with Gasteiger partial charge >= 0.3 is 0 Å².